The van der Waals surface area contributed by atoms with Gasteiger partial charge in [-0.1, -0.05) is 36.4 Å². The monoisotopic (exact) mass is 497 g/mol. The van der Waals surface area contributed by atoms with Gasteiger partial charge in [0.2, 0.25) is 0 Å². The molecule has 0 aliphatic carbocycles. The zero-order valence-electron chi connectivity index (χ0n) is 18.6. The van der Waals surface area contributed by atoms with Crippen molar-refractivity contribution in [2.45, 2.75) is 31.9 Å². The van der Waals surface area contributed by atoms with E-state index in [0.29, 0.717) is 21.6 Å². The quantitative estimate of drug-likeness (QED) is 0.303. The first-order valence-corrected chi connectivity index (χ1v) is 10.3. The van der Waals surface area contributed by atoms with Crippen molar-refractivity contribution in [3.8, 4) is 0 Å². The molecule has 1 aliphatic heterocycles. The van der Waals surface area contributed by atoms with E-state index in [1.807, 2.05) is 0 Å². The summed E-state index contributed by atoms with van der Waals surface area (Å²) < 4.78 is 98.4. The summed E-state index contributed by atoms with van der Waals surface area (Å²) in [4.78, 5) is 13.1. The topological polar surface area (TPSA) is 37.6 Å². The molecule has 0 atom stereocenters. The largest absolute Gasteiger partial charge is 0.460 e. The molecule has 3 aromatic rings. The Morgan fingerprint density at radius 1 is 0.886 bits per heavy atom. The van der Waals surface area contributed by atoms with Crippen LogP contribution in [-0.4, -0.2) is 34.2 Å². The first-order chi connectivity index (χ1) is 16.2. The second-order valence-electron chi connectivity index (χ2n) is 8.13. The lowest BCUT2D eigenvalue weighted by atomic mass is 9.96. The van der Waals surface area contributed by atoms with Crippen molar-refractivity contribution in [1.29, 1.82) is 0 Å². The molecule has 0 N–H and O–H groups in total. The smallest absolute Gasteiger partial charge is 0.347 e. The van der Waals surface area contributed by atoms with Gasteiger partial charge in [-0.25, -0.2) is 0 Å². The summed E-state index contributed by atoms with van der Waals surface area (Å²) >= 11 is 0. The van der Waals surface area contributed by atoms with Crippen LogP contribution in [0.5, 0.6) is 0 Å². The van der Waals surface area contributed by atoms with Crippen LogP contribution < -0.4 is 5.01 Å². The molecule has 1 aromatic heterocycles. The van der Waals surface area contributed by atoms with Gasteiger partial charge in [-0.2, -0.15) is 40.8 Å². The molecular weight excluding hydrogens is 479 g/mol. The van der Waals surface area contributed by atoms with Crippen molar-refractivity contribution in [3.05, 3.63) is 70.9 Å². The minimum atomic E-state index is -6.58. The van der Waals surface area contributed by atoms with Crippen LogP contribution >= 0.6 is 0 Å². The van der Waals surface area contributed by atoms with Crippen LogP contribution in [0.4, 0.5) is 36.4 Å². The maximum atomic E-state index is 14.9. The summed E-state index contributed by atoms with van der Waals surface area (Å²) in [6.07, 6.45) is -5.68. The number of nitrogens with zero attached hydrogens (tertiary/aromatic N) is 3. The molecule has 1 aliphatic rings. The summed E-state index contributed by atoms with van der Waals surface area (Å²) in [5.41, 5.74) is -0.883. The minimum Gasteiger partial charge on any atom is -0.347 e. The van der Waals surface area contributed by atoms with E-state index in [2.05, 4.69) is 5.10 Å². The number of halogens is 7. The maximum absolute atomic E-state index is 14.9. The van der Waals surface area contributed by atoms with Gasteiger partial charge >= 0.3 is 18.0 Å². The molecule has 35 heavy (non-hydrogen) atoms. The summed E-state index contributed by atoms with van der Waals surface area (Å²) in [5.74, 6) is -13.6. The third-order valence-electron chi connectivity index (χ3n) is 5.97. The number of fused-ring (bicyclic) bond motifs is 1. The summed E-state index contributed by atoms with van der Waals surface area (Å²) in [5, 5.41) is 4.20. The van der Waals surface area contributed by atoms with Crippen molar-refractivity contribution in [2.75, 3.05) is 5.01 Å². The molecule has 11 heteroatoms. The molecule has 4 rings (SSSR count). The van der Waals surface area contributed by atoms with Gasteiger partial charge in [-0.15, -0.1) is 0 Å². The lowest BCUT2D eigenvalue weighted by Crippen LogP contribution is -2.56. The van der Waals surface area contributed by atoms with E-state index in [1.54, 1.807) is 49.7 Å². The zero-order valence-corrected chi connectivity index (χ0v) is 18.6. The van der Waals surface area contributed by atoms with Gasteiger partial charge in [0.15, 0.2) is 5.71 Å². The number of carbonyl (C=O) groups excluding carboxylic acids is 1. The van der Waals surface area contributed by atoms with Crippen LogP contribution in [0.1, 0.15) is 16.8 Å². The van der Waals surface area contributed by atoms with Crippen molar-refractivity contribution >= 4 is 34.3 Å². The van der Waals surface area contributed by atoms with Gasteiger partial charge in [-0.05, 0) is 37.6 Å². The summed E-state index contributed by atoms with van der Waals surface area (Å²) in [6.45, 7) is 3.40. The number of rotatable bonds is 4. The Labute approximate surface area is 194 Å². The highest BCUT2D eigenvalue weighted by atomic mass is 19.4. The van der Waals surface area contributed by atoms with Crippen LogP contribution in [-0.2, 0) is 11.8 Å². The van der Waals surface area contributed by atoms with E-state index >= 15 is 0 Å². The predicted octanol–water partition coefficient (Wildman–Crippen LogP) is 6.41. The Morgan fingerprint density at radius 3 is 2.11 bits per heavy atom. The third kappa shape index (κ3) is 3.60. The molecule has 0 saturated heterocycles. The maximum Gasteiger partial charge on any atom is 0.460 e. The van der Waals surface area contributed by atoms with Crippen molar-refractivity contribution in [1.82, 2.24) is 4.57 Å². The average molecular weight is 497 g/mol. The fourth-order valence-electron chi connectivity index (χ4n) is 4.04. The lowest BCUT2D eigenvalue weighted by molar-refractivity contribution is -0.336. The number of carbonyl (C=O) groups is 1. The van der Waals surface area contributed by atoms with E-state index in [1.165, 1.54) is 24.3 Å². The number of aryl methyl sites for hydroxylation is 2. The van der Waals surface area contributed by atoms with E-state index < -0.39 is 35.2 Å². The number of anilines is 1. The lowest BCUT2D eigenvalue weighted by Gasteiger charge is -2.27. The Morgan fingerprint density at radius 2 is 1.51 bits per heavy atom. The fourth-order valence-corrected chi connectivity index (χ4v) is 4.04. The molecule has 0 unspecified atom stereocenters. The highest BCUT2D eigenvalue weighted by Crippen LogP contribution is 2.49. The molecule has 0 radical (unpaired) electrons. The van der Waals surface area contributed by atoms with E-state index in [4.69, 9.17) is 0 Å². The number of aromatic nitrogens is 1. The van der Waals surface area contributed by atoms with Crippen LogP contribution in [0.25, 0.3) is 17.0 Å². The Balaban J connectivity index is 1.99. The van der Waals surface area contributed by atoms with Gasteiger partial charge in [0.1, 0.15) is 0 Å². The number of benzene rings is 2. The number of amides is 1. The van der Waals surface area contributed by atoms with E-state index in [0.717, 1.165) is 11.6 Å². The number of alkyl halides is 7. The number of hydrogen-bond acceptors (Lipinski definition) is 2. The van der Waals surface area contributed by atoms with Crippen molar-refractivity contribution in [2.24, 2.45) is 12.1 Å². The zero-order chi connectivity index (χ0) is 25.9. The molecule has 0 spiro atoms. The first-order valence-electron chi connectivity index (χ1n) is 10.3. The van der Waals surface area contributed by atoms with Gasteiger partial charge in [0.05, 0.1) is 16.8 Å². The molecule has 0 fully saturated rings. The molecule has 0 saturated carbocycles. The Kier molecular flexibility index (Phi) is 5.57. The molecular formula is C24H18F7N3O. The number of hydrazone groups is 1. The highest BCUT2D eigenvalue weighted by Gasteiger charge is 2.76. The van der Waals surface area contributed by atoms with Crippen LogP contribution in [0.3, 0.4) is 0 Å². The van der Waals surface area contributed by atoms with Crippen LogP contribution in [0.15, 0.2) is 59.2 Å². The molecule has 0 bridgehead atoms. The van der Waals surface area contributed by atoms with Gasteiger partial charge in [-0.3, -0.25) is 4.79 Å². The predicted molar refractivity (Wildman–Crippen MR) is 118 cm³/mol. The van der Waals surface area contributed by atoms with Gasteiger partial charge < -0.3 is 4.57 Å². The Bertz CT molecular complexity index is 1390. The second-order valence-corrected chi connectivity index (χ2v) is 8.13. The van der Waals surface area contributed by atoms with E-state index in [9.17, 15) is 35.5 Å². The normalized spacial score (nSPS) is 16.5. The summed E-state index contributed by atoms with van der Waals surface area (Å²) in [7, 11) is 1.68. The second kappa shape index (κ2) is 7.96. The third-order valence-corrected chi connectivity index (χ3v) is 5.97. The van der Waals surface area contributed by atoms with Crippen molar-refractivity contribution in [3.63, 3.8) is 0 Å². The van der Waals surface area contributed by atoms with Crippen LogP contribution in [0.2, 0.25) is 0 Å². The molecule has 2 heterocycles. The minimum absolute atomic E-state index is 0.0741. The van der Waals surface area contributed by atoms with Gasteiger partial charge in [0, 0.05) is 23.7 Å². The van der Waals surface area contributed by atoms with E-state index in [-0.39, 0.29) is 11.3 Å². The molecule has 1 amide bonds. The standard InChI is InChI=1S/C24H18F7N3O/c1-13-8-7-11-16-17(14(2)33(3)19(13)16)12-18-20(22(25,26)23(27,28)24(29,30)31)32-34(21(18)35)15-9-5-4-6-10-15/h4-12H,1-3H3/b18-12+. The molecule has 2 aromatic carbocycles. The number of para-hydroxylation sites is 2. The SMILES string of the molecule is Cc1cccc2c(/C=C3/C(=O)N(c4ccccc4)N=C3C(F)(F)C(F)(F)C(F)(F)F)c(C)n(C)c12. The Hall–Kier alpha value is -3.63. The molecule has 4 nitrogen and oxygen atoms in total. The summed E-state index contributed by atoms with van der Waals surface area (Å²) in [6, 6.07) is 12.1. The fraction of sp³-hybridized carbons (Fsp3) is 0.250. The van der Waals surface area contributed by atoms with Gasteiger partial charge in [0.25, 0.3) is 5.91 Å². The number of hydrogen-bond donors (Lipinski definition) is 0. The average Bonchev–Trinajstić information content (AvgIpc) is 3.24. The molecule has 184 valence electrons. The van der Waals surface area contributed by atoms with Crippen molar-refractivity contribution < 1.29 is 35.5 Å². The highest BCUT2D eigenvalue weighted by molar-refractivity contribution is 6.35. The first kappa shape index (κ1) is 24.5. The van der Waals surface area contributed by atoms with Crippen LogP contribution in [0, 0.1) is 13.8 Å².